The van der Waals surface area contributed by atoms with E-state index in [2.05, 4.69) is 39.8 Å². The highest BCUT2D eigenvalue weighted by atomic mass is 15.3. The van der Waals surface area contributed by atoms with Crippen molar-refractivity contribution in [2.75, 3.05) is 7.05 Å². The Hall–Kier alpha value is -2.20. The highest BCUT2D eigenvalue weighted by Gasteiger charge is 2.18. The molecular formula is C16H18N4. The van der Waals surface area contributed by atoms with E-state index >= 15 is 0 Å². The summed E-state index contributed by atoms with van der Waals surface area (Å²) in [5.41, 5.74) is 3.48. The van der Waals surface area contributed by atoms with Gasteiger partial charge < -0.3 is 5.32 Å². The van der Waals surface area contributed by atoms with E-state index in [0.29, 0.717) is 0 Å². The van der Waals surface area contributed by atoms with Crippen molar-refractivity contribution >= 4 is 10.8 Å². The number of nitrogens with one attached hydrogen (secondary N) is 1. The van der Waals surface area contributed by atoms with Crippen molar-refractivity contribution in [3.63, 3.8) is 0 Å². The van der Waals surface area contributed by atoms with Gasteiger partial charge in [-0.25, -0.2) is 0 Å². The van der Waals surface area contributed by atoms with Crippen molar-refractivity contribution in [2.45, 2.75) is 13.0 Å². The number of benzene rings is 1. The average Bonchev–Trinajstić information content (AvgIpc) is 2.79. The Bertz CT molecular complexity index is 740. The second kappa shape index (κ2) is 5.06. The van der Waals surface area contributed by atoms with Crippen LogP contribution in [0.2, 0.25) is 0 Å². The van der Waals surface area contributed by atoms with Gasteiger partial charge in [-0.2, -0.15) is 5.10 Å². The molecule has 0 bridgehead atoms. The Morgan fingerprint density at radius 1 is 1.20 bits per heavy atom. The number of pyridine rings is 1. The van der Waals surface area contributed by atoms with Crippen LogP contribution in [-0.2, 0) is 7.05 Å². The predicted molar refractivity (Wildman–Crippen MR) is 80.6 cm³/mol. The summed E-state index contributed by atoms with van der Waals surface area (Å²) >= 11 is 0. The average molecular weight is 266 g/mol. The minimum absolute atomic E-state index is 0.122. The molecule has 20 heavy (non-hydrogen) atoms. The lowest BCUT2D eigenvalue weighted by Gasteiger charge is -2.18. The van der Waals surface area contributed by atoms with Crippen molar-refractivity contribution < 1.29 is 0 Å². The van der Waals surface area contributed by atoms with Gasteiger partial charge in [-0.3, -0.25) is 9.67 Å². The van der Waals surface area contributed by atoms with E-state index in [-0.39, 0.29) is 6.04 Å². The molecule has 2 heterocycles. The maximum Gasteiger partial charge on any atom is 0.0644 e. The molecule has 2 aromatic heterocycles. The van der Waals surface area contributed by atoms with Crippen LogP contribution in [0.25, 0.3) is 10.8 Å². The van der Waals surface area contributed by atoms with Crippen LogP contribution >= 0.6 is 0 Å². The topological polar surface area (TPSA) is 42.7 Å². The summed E-state index contributed by atoms with van der Waals surface area (Å²) < 4.78 is 1.86. The SMILES string of the molecule is CNC(c1cn(C)nc1C)c1cccc2ccncc12. The van der Waals surface area contributed by atoms with Gasteiger partial charge >= 0.3 is 0 Å². The summed E-state index contributed by atoms with van der Waals surface area (Å²) in [6.45, 7) is 2.04. The van der Waals surface area contributed by atoms with E-state index in [1.165, 1.54) is 21.9 Å². The monoisotopic (exact) mass is 266 g/mol. The molecule has 1 aromatic carbocycles. The van der Waals surface area contributed by atoms with Crippen molar-refractivity contribution in [3.8, 4) is 0 Å². The first kappa shape index (κ1) is 12.8. The van der Waals surface area contributed by atoms with Crippen molar-refractivity contribution in [1.29, 1.82) is 0 Å². The number of nitrogens with zero attached hydrogens (tertiary/aromatic N) is 3. The Labute approximate surface area is 118 Å². The molecule has 0 aliphatic carbocycles. The van der Waals surface area contributed by atoms with E-state index in [4.69, 9.17) is 0 Å². The molecule has 0 aliphatic rings. The number of fused-ring (bicyclic) bond motifs is 1. The van der Waals surface area contributed by atoms with Crippen LogP contribution in [0.15, 0.2) is 42.9 Å². The third-order valence-electron chi connectivity index (χ3n) is 3.68. The zero-order chi connectivity index (χ0) is 14.1. The van der Waals surface area contributed by atoms with Gasteiger partial charge in [0, 0.05) is 36.6 Å². The molecule has 3 rings (SSSR count). The molecule has 0 amide bonds. The number of hydrogen-bond donors (Lipinski definition) is 1. The van der Waals surface area contributed by atoms with Crippen molar-refractivity contribution in [3.05, 3.63) is 59.7 Å². The first-order valence-corrected chi connectivity index (χ1v) is 6.70. The van der Waals surface area contributed by atoms with Gasteiger partial charge in [-0.15, -0.1) is 0 Å². The van der Waals surface area contributed by atoms with E-state index in [1.54, 1.807) is 0 Å². The molecule has 4 nitrogen and oxygen atoms in total. The van der Waals surface area contributed by atoms with E-state index in [9.17, 15) is 0 Å². The second-order valence-corrected chi connectivity index (χ2v) is 5.01. The highest BCUT2D eigenvalue weighted by Crippen LogP contribution is 2.29. The molecule has 1 unspecified atom stereocenters. The van der Waals surface area contributed by atoms with Crippen molar-refractivity contribution in [2.24, 2.45) is 7.05 Å². The lowest BCUT2D eigenvalue weighted by Crippen LogP contribution is -2.18. The van der Waals surface area contributed by atoms with Crippen LogP contribution in [0.5, 0.6) is 0 Å². The van der Waals surface area contributed by atoms with E-state index < -0.39 is 0 Å². The van der Waals surface area contributed by atoms with Gasteiger partial charge in [-0.05, 0) is 31.0 Å². The largest absolute Gasteiger partial charge is 0.309 e. The molecule has 3 aromatic rings. The van der Waals surface area contributed by atoms with Gasteiger partial charge in [-0.1, -0.05) is 18.2 Å². The lowest BCUT2D eigenvalue weighted by molar-refractivity contribution is 0.691. The molecule has 4 heteroatoms. The molecule has 0 saturated carbocycles. The highest BCUT2D eigenvalue weighted by molar-refractivity contribution is 5.85. The normalized spacial score (nSPS) is 12.8. The standard InChI is InChI=1S/C16H18N4/c1-11-15(10-20(3)19-11)16(17-2)13-6-4-5-12-7-8-18-9-14(12)13/h4-10,16-17H,1-3H3. The van der Waals surface area contributed by atoms with Crippen molar-refractivity contribution in [1.82, 2.24) is 20.1 Å². The fourth-order valence-corrected chi connectivity index (χ4v) is 2.77. The summed E-state index contributed by atoms with van der Waals surface area (Å²) in [5.74, 6) is 0. The molecule has 0 saturated heterocycles. The smallest absolute Gasteiger partial charge is 0.0644 e. The number of rotatable bonds is 3. The van der Waals surface area contributed by atoms with Gasteiger partial charge in [0.25, 0.3) is 0 Å². The van der Waals surface area contributed by atoms with Crippen LogP contribution in [0.1, 0.15) is 22.9 Å². The Kier molecular flexibility index (Phi) is 3.24. The Morgan fingerprint density at radius 2 is 2.05 bits per heavy atom. The fourth-order valence-electron chi connectivity index (χ4n) is 2.77. The fraction of sp³-hybridized carbons (Fsp3) is 0.250. The summed E-state index contributed by atoms with van der Waals surface area (Å²) in [5, 5.41) is 10.2. The summed E-state index contributed by atoms with van der Waals surface area (Å²) in [6, 6.07) is 8.52. The van der Waals surface area contributed by atoms with Crippen LogP contribution in [-0.4, -0.2) is 21.8 Å². The second-order valence-electron chi connectivity index (χ2n) is 5.01. The van der Waals surface area contributed by atoms with E-state index in [1.807, 2.05) is 44.2 Å². The minimum atomic E-state index is 0.122. The molecule has 102 valence electrons. The first-order chi connectivity index (χ1) is 9.70. The van der Waals surface area contributed by atoms with Crippen LogP contribution in [0.3, 0.4) is 0 Å². The number of aryl methyl sites for hydroxylation is 2. The molecule has 0 fully saturated rings. The first-order valence-electron chi connectivity index (χ1n) is 6.70. The molecule has 0 radical (unpaired) electrons. The maximum atomic E-state index is 4.45. The molecule has 1 N–H and O–H groups in total. The lowest BCUT2D eigenvalue weighted by atomic mass is 9.95. The van der Waals surface area contributed by atoms with Crippen LogP contribution in [0, 0.1) is 6.92 Å². The maximum absolute atomic E-state index is 4.45. The summed E-state index contributed by atoms with van der Waals surface area (Å²) in [7, 11) is 3.93. The van der Waals surface area contributed by atoms with Gasteiger partial charge in [0.15, 0.2) is 0 Å². The molecular weight excluding hydrogens is 248 g/mol. The summed E-state index contributed by atoms with van der Waals surface area (Å²) in [6.07, 6.45) is 5.84. The Morgan fingerprint density at radius 3 is 2.75 bits per heavy atom. The zero-order valence-corrected chi connectivity index (χ0v) is 12.0. The number of hydrogen-bond acceptors (Lipinski definition) is 3. The van der Waals surface area contributed by atoms with Crippen LogP contribution < -0.4 is 5.32 Å². The molecule has 0 spiro atoms. The Balaban J connectivity index is 2.19. The van der Waals surface area contributed by atoms with Gasteiger partial charge in [0.2, 0.25) is 0 Å². The third kappa shape index (κ3) is 2.08. The third-order valence-corrected chi connectivity index (χ3v) is 3.68. The minimum Gasteiger partial charge on any atom is -0.309 e. The quantitative estimate of drug-likeness (QED) is 0.792. The number of aromatic nitrogens is 3. The predicted octanol–water partition coefficient (Wildman–Crippen LogP) is 2.59. The van der Waals surface area contributed by atoms with Gasteiger partial charge in [0.05, 0.1) is 11.7 Å². The van der Waals surface area contributed by atoms with Crippen LogP contribution in [0.4, 0.5) is 0 Å². The molecule has 1 atom stereocenters. The summed E-state index contributed by atoms with van der Waals surface area (Å²) in [4.78, 5) is 4.26. The van der Waals surface area contributed by atoms with E-state index in [0.717, 1.165) is 5.69 Å². The zero-order valence-electron chi connectivity index (χ0n) is 12.0. The van der Waals surface area contributed by atoms with Gasteiger partial charge in [0.1, 0.15) is 0 Å². The molecule has 0 aliphatic heterocycles.